The van der Waals surface area contributed by atoms with Gasteiger partial charge in [0.25, 0.3) is 0 Å². The van der Waals surface area contributed by atoms with E-state index in [0.717, 1.165) is 18.8 Å². The lowest BCUT2D eigenvalue weighted by Crippen LogP contribution is -2.35. The van der Waals surface area contributed by atoms with Crippen LogP contribution in [0, 0.1) is 0 Å². The zero-order chi connectivity index (χ0) is 12.0. The number of aryl methyl sites for hydroxylation is 1. The largest absolute Gasteiger partial charge is 0.306 e. The molecule has 16 heavy (non-hydrogen) atoms. The van der Waals surface area contributed by atoms with Crippen LogP contribution in [0.1, 0.15) is 52.7 Å². The number of nitrogens with one attached hydrogen (secondary N) is 1. The fraction of sp³-hybridized carbons (Fsp3) is 0.833. The molecular formula is C12H24N4. The summed E-state index contributed by atoms with van der Waals surface area (Å²) in [5, 5.41) is 11.7. The van der Waals surface area contributed by atoms with Crippen molar-refractivity contribution in [1.82, 2.24) is 20.3 Å². The lowest BCUT2D eigenvalue weighted by atomic mass is 10.1. The number of nitrogens with zero attached hydrogens (tertiary/aromatic N) is 3. The molecule has 0 unspecified atom stereocenters. The van der Waals surface area contributed by atoms with Crippen LogP contribution in [0.4, 0.5) is 0 Å². The molecule has 4 heteroatoms. The number of aromatic nitrogens is 3. The van der Waals surface area contributed by atoms with E-state index >= 15 is 0 Å². The summed E-state index contributed by atoms with van der Waals surface area (Å²) in [6.45, 7) is 10.4. The molecule has 0 aliphatic rings. The third-order valence-corrected chi connectivity index (χ3v) is 2.38. The van der Waals surface area contributed by atoms with Crippen LogP contribution < -0.4 is 5.32 Å². The van der Waals surface area contributed by atoms with Crippen LogP contribution in [0.5, 0.6) is 0 Å². The molecule has 1 heterocycles. The summed E-state index contributed by atoms with van der Waals surface area (Å²) in [6.07, 6.45) is 5.73. The number of unbranched alkanes of at least 4 members (excludes halogenated alkanes) is 2. The summed E-state index contributed by atoms with van der Waals surface area (Å²) in [5.41, 5.74) is 1.15. The second-order valence-electron chi connectivity index (χ2n) is 5.28. The van der Waals surface area contributed by atoms with Gasteiger partial charge in [0.15, 0.2) is 0 Å². The van der Waals surface area contributed by atoms with E-state index in [0.29, 0.717) is 0 Å². The van der Waals surface area contributed by atoms with Crippen LogP contribution in [0.3, 0.4) is 0 Å². The van der Waals surface area contributed by atoms with Gasteiger partial charge < -0.3 is 5.32 Å². The molecule has 1 N–H and O–H groups in total. The number of rotatable bonds is 6. The van der Waals surface area contributed by atoms with Crippen molar-refractivity contribution in [2.45, 2.75) is 65.6 Å². The van der Waals surface area contributed by atoms with E-state index in [9.17, 15) is 0 Å². The van der Waals surface area contributed by atoms with Gasteiger partial charge in [0.2, 0.25) is 0 Å². The fourth-order valence-corrected chi connectivity index (χ4v) is 1.41. The van der Waals surface area contributed by atoms with Gasteiger partial charge in [-0.15, -0.1) is 5.10 Å². The molecule has 1 rings (SSSR count). The van der Waals surface area contributed by atoms with Gasteiger partial charge in [-0.1, -0.05) is 25.0 Å². The Bertz CT molecular complexity index is 298. The van der Waals surface area contributed by atoms with E-state index in [-0.39, 0.29) is 5.54 Å². The normalized spacial score (nSPS) is 12.0. The van der Waals surface area contributed by atoms with Crippen molar-refractivity contribution in [3.05, 3.63) is 11.9 Å². The van der Waals surface area contributed by atoms with Crippen molar-refractivity contribution in [3.63, 3.8) is 0 Å². The lowest BCUT2D eigenvalue weighted by molar-refractivity contribution is 0.421. The van der Waals surface area contributed by atoms with Crippen LogP contribution in [-0.2, 0) is 13.1 Å². The molecule has 92 valence electrons. The van der Waals surface area contributed by atoms with E-state index in [4.69, 9.17) is 0 Å². The van der Waals surface area contributed by atoms with Crippen molar-refractivity contribution in [2.75, 3.05) is 0 Å². The average Bonchev–Trinajstić information content (AvgIpc) is 2.62. The molecule has 0 radical (unpaired) electrons. The van der Waals surface area contributed by atoms with Crippen LogP contribution in [0.2, 0.25) is 0 Å². The molecule has 1 aromatic heterocycles. The van der Waals surface area contributed by atoms with E-state index in [1.807, 2.05) is 10.9 Å². The molecule has 0 saturated carbocycles. The Hall–Kier alpha value is -0.900. The first kappa shape index (κ1) is 13.2. The molecule has 0 spiro atoms. The lowest BCUT2D eigenvalue weighted by Gasteiger charge is -2.19. The predicted molar refractivity (Wildman–Crippen MR) is 66.1 cm³/mol. The first-order valence-electron chi connectivity index (χ1n) is 6.15. The SMILES string of the molecule is CCCCCn1cc(CNC(C)(C)C)nn1. The Balaban J connectivity index is 2.33. The molecule has 0 atom stereocenters. The van der Waals surface area contributed by atoms with Crippen molar-refractivity contribution < 1.29 is 0 Å². The summed E-state index contributed by atoms with van der Waals surface area (Å²) in [4.78, 5) is 0. The van der Waals surface area contributed by atoms with Gasteiger partial charge in [0.05, 0.1) is 5.69 Å². The quantitative estimate of drug-likeness (QED) is 0.754. The maximum atomic E-state index is 4.15. The molecule has 4 nitrogen and oxygen atoms in total. The second kappa shape index (κ2) is 5.99. The predicted octanol–water partition coefficient (Wildman–Crippen LogP) is 2.36. The number of hydrogen-bond acceptors (Lipinski definition) is 3. The van der Waals surface area contributed by atoms with Gasteiger partial charge in [-0.05, 0) is 27.2 Å². The molecule has 1 aromatic rings. The Labute approximate surface area is 98.4 Å². The third kappa shape index (κ3) is 5.26. The van der Waals surface area contributed by atoms with Crippen LogP contribution in [-0.4, -0.2) is 20.5 Å². The monoisotopic (exact) mass is 224 g/mol. The Kier molecular flexibility index (Phi) is 4.93. The molecule has 0 bridgehead atoms. The van der Waals surface area contributed by atoms with Gasteiger partial charge in [-0.25, -0.2) is 0 Å². The zero-order valence-corrected chi connectivity index (χ0v) is 11.0. The van der Waals surface area contributed by atoms with Crippen LogP contribution in [0.15, 0.2) is 6.20 Å². The van der Waals surface area contributed by atoms with Gasteiger partial charge in [-0.3, -0.25) is 4.68 Å². The highest BCUT2D eigenvalue weighted by Gasteiger charge is 2.09. The molecule has 0 aliphatic carbocycles. The zero-order valence-electron chi connectivity index (χ0n) is 11.0. The summed E-state index contributed by atoms with van der Waals surface area (Å²) in [6, 6.07) is 0. The van der Waals surface area contributed by atoms with E-state index < -0.39 is 0 Å². The Morgan fingerprint density at radius 3 is 2.69 bits per heavy atom. The Morgan fingerprint density at radius 2 is 2.06 bits per heavy atom. The van der Waals surface area contributed by atoms with Gasteiger partial charge >= 0.3 is 0 Å². The summed E-state index contributed by atoms with van der Waals surface area (Å²) in [7, 11) is 0. The minimum absolute atomic E-state index is 0.131. The van der Waals surface area contributed by atoms with E-state index in [1.165, 1.54) is 19.3 Å². The molecule has 0 aromatic carbocycles. The first-order chi connectivity index (χ1) is 7.51. The van der Waals surface area contributed by atoms with Gasteiger partial charge in [0, 0.05) is 24.8 Å². The maximum Gasteiger partial charge on any atom is 0.0965 e. The first-order valence-corrected chi connectivity index (χ1v) is 6.15. The molecule has 0 aliphatic heterocycles. The smallest absolute Gasteiger partial charge is 0.0965 e. The second-order valence-corrected chi connectivity index (χ2v) is 5.28. The van der Waals surface area contributed by atoms with E-state index in [2.05, 4.69) is 43.3 Å². The van der Waals surface area contributed by atoms with Crippen molar-refractivity contribution >= 4 is 0 Å². The molecular weight excluding hydrogens is 200 g/mol. The van der Waals surface area contributed by atoms with Crippen molar-refractivity contribution in [1.29, 1.82) is 0 Å². The summed E-state index contributed by atoms with van der Waals surface area (Å²) < 4.78 is 1.94. The molecule has 0 amide bonds. The van der Waals surface area contributed by atoms with Gasteiger partial charge in [-0.2, -0.15) is 0 Å². The standard InChI is InChI=1S/C12H24N4/c1-5-6-7-8-16-10-11(14-15-16)9-13-12(2,3)4/h10,13H,5-9H2,1-4H3. The summed E-state index contributed by atoms with van der Waals surface area (Å²) >= 11 is 0. The van der Waals surface area contributed by atoms with Crippen LogP contribution in [0.25, 0.3) is 0 Å². The minimum Gasteiger partial charge on any atom is -0.306 e. The van der Waals surface area contributed by atoms with Crippen molar-refractivity contribution in [2.24, 2.45) is 0 Å². The highest BCUT2D eigenvalue weighted by molar-refractivity contribution is 4.92. The maximum absolute atomic E-state index is 4.15. The molecule has 0 fully saturated rings. The molecule has 0 saturated heterocycles. The Morgan fingerprint density at radius 1 is 1.31 bits per heavy atom. The van der Waals surface area contributed by atoms with Crippen LogP contribution >= 0.6 is 0 Å². The van der Waals surface area contributed by atoms with Gasteiger partial charge in [0.1, 0.15) is 0 Å². The highest BCUT2D eigenvalue weighted by Crippen LogP contribution is 2.02. The van der Waals surface area contributed by atoms with Crippen molar-refractivity contribution in [3.8, 4) is 0 Å². The average molecular weight is 224 g/mol. The topological polar surface area (TPSA) is 42.7 Å². The van der Waals surface area contributed by atoms with E-state index in [1.54, 1.807) is 0 Å². The fourth-order valence-electron chi connectivity index (χ4n) is 1.41. The third-order valence-electron chi connectivity index (χ3n) is 2.38. The number of hydrogen-bond donors (Lipinski definition) is 1. The minimum atomic E-state index is 0.131. The summed E-state index contributed by atoms with van der Waals surface area (Å²) in [5.74, 6) is 0. The highest BCUT2D eigenvalue weighted by atomic mass is 15.4.